The largest absolute Gasteiger partial charge is 0.355 e. The van der Waals surface area contributed by atoms with Crippen LogP contribution in [0.25, 0.3) is 0 Å². The third kappa shape index (κ3) is 4.40. The Hall–Kier alpha value is -3.55. The Bertz CT molecular complexity index is 983. The van der Waals surface area contributed by atoms with Gasteiger partial charge in [0.15, 0.2) is 0 Å². The van der Waals surface area contributed by atoms with Crippen molar-refractivity contribution in [2.75, 3.05) is 17.7 Å². The molecule has 0 saturated heterocycles. The minimum atomic E-state index is -0.225. The quantitative estimate of drug-likeness (QED) is 0.605. The van der Waals surface area contributed by atoms with Crippen LogP contribution in [0.4, 0.5) is 23.0 Å². The average Bonchev–Trinajstić information content (AvgIpc) is 2.67. The van der Waals surface area contributed by atoms with E-state index in [4.69, 9.17) is 0 Å². The molecule has 3 heterocycles. The van der Waals surface area contributed by atoms with Crippen molar-refractivity contribution in [1.29, 1.82) is 0 Å². The second-order valence-electron chi connectivity index (χ2n) is 6.24. The van der Waals surface area contributed by atoms with Crippen molar-refractivity contribution >= 4 is 28.9 Å². The van der Waals surface area contributed by atoms with Gasteiger partial charge in [-0.05, 0) is 32.4 Å². The number of hydrogen-bond acceptors (Lipinski definition) is 7. The first kappa shape index (κ1) is 19.2. The van der Waals surface area contributed by atoms with Gasteiger partial charge in [0.25, 0.3) is 5.91 Å². The molecular weight excluding hydrogens is 354 g/mol. The molecule has 3 aromatic heterocycles. The van der Waals surface area contributed by atoms with E-state index in [1.165, 1.54) is 6.20 Å². The summed E-state index contributed by atoms with van der Waals surface area (Å²) in [5, 5.41) is 9.14. The number of aryl methyl sites for hydroxylation is 3. The fraction of sp³-hybridized carbons (Fsp3) is 0.250. The summed E-state index contributed by atoms with van der Waals surface area (Å²) in [7, 11) is 1.59. The highest BCUT2D eigenvalue weighted by Gasteiger charge is 2.14. The van der Waals surface area contributed by atoms with Crippen LogP contribution in [-0.4, -0.2) is 32.9 Å². The highest BCUT2D eigenvalue weighted by Crippen LogP contribution is 2.26. The van der Waals surface area contributed by atoms with E-state index >= 15 is 0 Å². The zero-order valence-corrected chi connectivity index (χ0v) is 16.4. The summed E-state index contributed by atoms with van der Waals surface area (Å²) in [5.74, 6) is 1.66. The van der Waals surface area contributed by atoms with E-state index in [1.807, 2.05) is 39.0 Å². The molecule has 144 valence electrons. The minimum absolute atomic E-state index is 0.225. The lowest BCUT2D eigenvalue weighted by Crippen LogP contribution is -2.20. The smallest absolute Gasteiger partial charge is 0.254 e. The highest BCUT2D eigenvalue weighted by molar-refractivity contribution is 6.00. The molecule has 0 aliphatic heterocycles. The lowest BCUT2D eigenvalue weighted by atomic mass is 10.2. The Morgan fingerprint density at radius 3 is 2.57 bits per heavy atom. The maximum Gasteiger partial charge on any atom is 0.254 e. The molecule has 28 heavy (non-hydrogen) atoms. The van der Waals surface area contributed by atoms with E-state index in [2.05, 4.69) is 35.9 Å². The molecular formula is C20H23N7O. The summed E-state index contributed by atoms with van der Waals surface area (Å²) in [6.07, 6.45) is 4.06. The minimum Gasteiger partial charge on any atom is -0.355 e. The molecule has 3 rings (SSSR count). The summed E-state index contributed by atoms with van der Waals surface area (Å²) >= 11 is 0. The summed E-state index contributed by atoms with van der Waals surface area (Å²) in [4.78, 5) is 29.7. The second kappa shape index (κ2) is 8.43. The van der Waals surface area contributed by atoms with Crippen molar-refractivity contribution in [3.8, 4) is 0 Å². The lowest BCUT2D eigenvalue weighted by Gasteiger charge is -2.15. The number of rotatable bonds is 6. The Balaban J connectivity index is 1.98. The van der Waals surface area contributed by atoms with E-state index in [0.29, 0.717) is 28.7 Å². The summed E-state index contributed by atoms with van der Waals surface area (Å²) < 4.78 is 0. The Morgan fingerprint density at radius 2 is 1.86 bits per heavy atom. The van der Waals surface area contributed by atoms with Crippen LogP contribution in [0.1, 0.15) is 34.5 Å². The first-order chi connectivity index (χ1) is 13.5. The van der Waals surface area contributed by atoms with Gasteiger partial charge in [-0.25, -0.2) is 15.0 Å². The molecule has 8 heteroatoms. The predicted octanol–water partition coefficient (Wildman–Crippen LogP) is 3.29. The fourth-order valence-corrected chi connectivity index (χ4v) is 2.83. The van der Waals surface area contributed by atoms with Crippen LogP contribution in [0.5, 0.6) is 0 Å². The number of anilines is 4. The van der Waals surface area contributed by atoms with E-state index in [-0.39, 0.29) is 5.91 Å². The first-order valence-corrected chi connectivity index (χ1v) is 9.02. The maximum absolute atomic E-state index is 12.3. The van der Waals surface area contributed by atoms with Gasteiger partial charge in [0.1, 0.15) is 17.5 Å². The van der Waals surface area contributed by atoms with Gasteiger partial charge in [-0.1, -0.05) is 6.92 Å². The van der Waals surface area contributed by atoms with Crippen LogP contribution < -0.4 is 16.0 Å². The molecule has 0 saturated carbocycles. The topological polar surface area (TPSA) is 105 Å². The zero-order valence-electron chi connectivity index (χ0n) is 16.4. The first-order valence-electron chi connectivity index (χ1n) is 9.02. The Kier molecular flexibility index (Phi) is 5.78. The molecule has 0 aliphatic carbocycles. The number of nitrogens with one attached hydrogen (secondary N) is 3. The van der Waals surface area contributed by atoms with Gasteiger partial charge in [0.2, 0.25) is 0 Å². The SMILES string of the molecule is CCc1ncccc1Nc1cc(Nc2cc(C)nc(C)n2)ncc1C(=O)NC. The monoisotopic (exact) mass is 377 g/mol. The molecule has 0 spiro atoms. The molecule has 1 amide bonds. The standard InChI is InChI=1S/C20H23N7O/c1-5-15-16(7-6-8-22-15)26-17-10-18(23-11-14(17)20(28)21-4)27-19-9-12(2)24-13(3)25-19/h6-11H,5H2,1-4H3,(H,21,28)(H2,23,24,25,26,27). The number of pyridine rings is 2. The van der Waals surface area contributed by atoms with Crippen molar-refractivity contribution in [3.05, 3.63) is 59.4 Å². The van der Waals surface area contributed by atoms with Crippen molar-refractivity contribution in [2.45, 2.75) is 27.2 Å². The normalized spacial score (nSPS) is 10.4. The molecule has 0 atom stereocenters. The van der Waals surface area contributed by atoms with E-state index in [0.717, 1.165) is 23.5 Å². The molecule has 0 unspecified atom stereocenters. The molecule has 3 aromatic rings. The molecule has 0 bridgehead atoms. The van der Waals surface area contributed by atoms with Crippen molar-refractivity contribution < 1.29 is 4.79 Å². The van der Waals surface area contributed by atoms with Gasteiger partial charge in [-0.15, -0.1) is 0 Å². The van der Waals surface area contributed by atoms with Crippen LogP contribution >= 0.6 is 0 Å². The fourth-order valence-electron chi connectivity index (χ4n) is 2.83. The maximum atomic E-state index is 12.3. The van der Waals surface area contributed by atoms with Crippen molar-refractivity contribution in [3.63, 3.8) is 0 Å². The molecule has 3 N–H and O–H groups in total. The van der Waals surface area contributed by atoms with Crippen LogP contribution in [0, 0.1) is 13.8 Å². The molecule has 0 fully saturated rings. The third-order valence-corrected chi connectivity index (χ3v) is 4.09. The Morgan fingerprint density at radius 1 is 1.04 bits per heavy atom. The van der Waals surface area contributed by atoms with Gasteiger partial charge in [-0.2, -0.15) is 0 Å². The summed E-state index contributed by atoms with van der Waals surface area (Å²) in [6.45, 7) is 5.78. The Labute approximate surface area is 163 Å². The van der Waals surface area contributed by atoms with Crippen molar-refractivity contribution in [1.82, 2.24) is 25.3 Å². The van der Waals surface area contributed by atoms with Gasteiger partial charge in [0, 0.05) is 37.3 Å². The molecule has 0 radical (unpaired) electrons. The molecule has 0 aliphatic rings. The van der Waals surface area contributed by atoms with Crippen LogP contribution in [0.15, 0.2) is 36.7 Å². The number of hydrogen-bond donors (Lipinski definition) is 3. The van der Waals surface area contributed by atoms with Crippen LogP contribution in [0.2, 0.25) is 0 Å². The van der Waals surface area contributed by atoms with Gasteiger partial charge < -0.3 is 16.0 Å². The van der Waals surface area contributed by atoms with Crippen LogP contribution in [-0.2, 0) is 6.42 Å². The van der Waals surface area contributed by atoms with E-state index in [9.17, 15) is 4.79 Å². The second-order valence-corrected chi connectivity index (χ2v) is 6.24. The number of carbonyl (C=O) groups excluding carboxylic acids is 1. The zero-order chi connectivity index (χ0) is 20.1. The number of carbonyl (C=O) groups is 1. The highest BCUT2D eigenvalue weighted by atomic mass is 16.1. The van der Waals surface area contributed by atoms with E-state index < -0.39 is 0 Å². The van der Waals surface area contributed by atoms with Crippen molar-refractivity contribution in [2.24, 2.45) is 0 Å². The predicted molar refractivity (Wildman–Crippen MR) is 109 cm³/mol. The summed E-state index contributed by atoms with van der Waals surface area (Å²) in [5.41, 5.74) is 3.69. The summed E-state index contributed by atoms with van der Waals surface area (Å²) in [6, 6.07) is 7.41. The number of aromatic nitrogens is 4. The van der Waals surface area contributed by atoms with Gasteiger partial charge in [0.05, 0.1) is 22.6 Å². The lowest BCUT2D eigenvalue weighted by molar-refractivity contribution is 0.0963. The third-order valence-electron chi connectivity index (χ3n) is 4.09. The average molecular weight is 377 g/mol. The number of nitrogens with zero attached hydrogens (tertiary/aromatic N) is 4. The van der Waals surface area contributed by atoms with Gasteiger partial charge >= 0.3 is 0 Å². The molecule has 8 nitrogen and oxygen atoms in total. The van der Waals surface area contributed by atoms with Gasteiger partial charge in [-0.3, -0.25) is 9.78 Å². The molecule has 0 aromatic carbocycles. The number of amides is 1. The van der Waals surface area contributed by atoms with E-state index in [1.54, 1.807) is 19.3 Å². The van der Waals surface area contributed by atoms with Crippen LogP contribution in [0.3, 0.4) is 0 Å².